The number of hydrogen-bond acceptors (Lipinski definition) is 3. The monoisotopic (exact) mass is 519 g/mol. The zero-order valence-electron chi connectivity index (χ0n) is 20.2. The van der Waals surface area contributed by atoms with Crippen LogP contribution in [0.1, 0.15) is 48.0 Å². The number of carboxylic acid groups (broad SMARTS) is 1. The van der Waals surface area contributed by atoms with E-state index in [9.17, 15) is 14.0 Å². The minimum absolute atomic E-state index is 0.00516. The van der Waals surface area contributed by atoms with Gasteiger partial charge in [0.15, 0.2) is 0 Å². The highest BCUT2D eigenvalue weighted by Gasteiger charge is 2.25. The van der Waals surface area contributed by atoms with Crippen molar-refractivity contribution in [3.05, 3.63) is 88.8 Å². The lowest BCUT2D eigenvalue weighted by atomic mass is 9.84. The fraction of sp³-hybridized carbons (Fsp3) is 0.276. The van der Waals surface area contributed by atoms with Gasteiger partial charge in [-0.15, -0.1) is 0 Å². The molecule has 1 amide bonds. The Morgan fingerprint density at radius 3 is 2.46 bits per heavy atom. The smallest absolute Gasteiger partial charge is 0.303 e. The third-order valence-electron chi connectivity index (χ3n) is 7.11. The summed E-state index contributed by atoms with van der Waals surface area (Å²) in [6, 6.07) is 17.7. The Morgan fingerprint density at radius 2 is 1.76 bits per heavy atom. The van der Waals surface area contributed by atoms with E-state index < -0.39 is 5.97 Å². The number of benzene rings is 3. The van der Waals surface area contributed by atoms with Crippen LogP contribution in [0.5, 0.6) is 0 Å². The van der Waals surface area contributed by atoms with Crippen molar-refractivity contribution in [3.63, 3.8) is 0 Å². The normalized spacial score (nSPS) is 17.6. The van der Waals surface area contributed by atoms with Gasteiger partial charge in [0.1, 0.15) is 5.82 Å². The van der Waals surface area contributed by atoms with Gasteiger partial charge in [-0.3, -0.25) is 14.3 Å². The van der Waals surface area contributed by atoms with Gasteiger partial charge in [0.25, 0.3) is 5.91 Å². The molecular formula is C29H27ClFN3O3. The molecule has 190 valence electrons. The molecule has 0 bridgehead atoms. The van der Waals surface area contributed by atoms with Gasteiger partial charge in [-0.2, -0.15) is 5.10 Å². The van der Waals surface area contributed by atoms with Crippen LogP contribution in [0, 0.1) is 11.7 Å². The largest absolute Gasteiger partial charge is 0.481 e. The number of aliphatic carboxylic acids is 1. The van der Waals surface area contributed by atoms with E-state index in [1.807, 2.05) is 24.3 Å². The molecule has 0 aliphatic heterocycles. The predicted octanol–water partition coefficient (Wildman–Crippen LogP) is 6.31. The van der Waals surface area contributed by atoms with Crippen LogP contribution in [0.3, 0.4) is 0 Å². The van der Waals surface area contributed by atoms with Crippen LogP contribution in [0.15, 0.2) is 66.9 Å². The molecule has 1 aliphatic carbocycles. The molecule has 1 aromatic heterocycles. The topological polar surface area (TPSA) is 84.2 Å². The highest BCUT2D eigenvalue weighted by Crippen LogP contribution is 2.30. The van der Waals surface area contributed by atoms with Crippen molar-refractivity contribution in [1.82, 2.24) is 15.1 Å². The molecule has 2 N–H and O–H groups in total. The maximum absolute atomic E-state index is 14.2. The summed E-state index contributed by atoms with van der Waals surface area (Å²) in [6.07, 6.45) is 4.93. The predicted molar refractivity (Wildman–Crippen MR) is 141 cm³/mol. The van der Waals surface area contributed by atoms with Crippen molar-refractivity contribution in [3.8, 4) is 11.1 Å². The van der Waals surface area contributed by atoms with Crippen LogP contribution in [0.25, 0.3) is 22.0 Å². The Morgan fingerprint density at radius 1 is 1.03 bits per heavy atom. The number of fused-ring (bicyclic) bond motifs is 1. The summed E-state index contributed by atoms with van der Waals surface area (Å²) in [5.41, 5.74) is 3.43. The number of carbonyl (C=O) groups excluding carboxylic acids is 1. The van der Waals surface area contributed by atoms with E-state index in [0.29, 0.717) is 33.6 Å². The molecule has 0 atom stereocenters. The van der Waals surface area contributed by atoms with Crippen LogP contribution in [-0.4, -0.2) is 32.8 Å². The van der Waals surface area contributed by atoms with Crippen LogP contribution in [0.4, 0.5) is 4.39 Å². The average molecular weight is 520 g/mol. The molecule has 37 heavy (non-hydrogen) atoms. The van der Waals surface area contributed by atoms with Crippen LogP contribution in [0.2, 0.25) is 5.02 Å². The standard InChI is InChI=1S/C29H27ClFN3O3/c30-25-14-13-23(29(37)33-21-11-7-18(8-12-21)15-27(35)36)28-24(25)16-32-34(28)17-19-5-9-20(10-6-19)22-3-1-2-4-26(22)31/h1-6,9-10,13-14,16,18,21H,7-8,11-12,15,17H2,(H,33,37)(H,35,36). The summed E-state index contributed by atoms with van der Waals surface area (Å²) in [4.78, 5) is 24.3. The van der Waals surface area contributed by atoms with Gasteiger partial charge in [-0.25, -0.2) is 4.39 Å². The fourth-order valence-electron chi connectivity index (χ4n) is 5.15. The van der Waals surface area contributed by atoms with E-state index in [1.54, 1.807) is 41.2 Å². The van der Waals surface area contributed by atoms with Gasteiger partial charge in [-0.1, -0.05) is 54.1 Å². The van der Waals surface area contributed by atoms with Crippen molar-refractivity contribution in [2.45, 2.75) is 44.7 Å². The van der Waals surface area contributed by atoms with Gasteiger partial charge in [-0.05, 0) is 60.9 Å². The fourth-order valence-corrected chi connectivity index (χ4v) is 5.35. The molecule has 1 saturated carbocycles. The molecule has 3 aromatic carbocycles. The Labute approximate surface area is 219 Å². The second-order valence-electron chi connectivity index (χ2n) is 9.63. The van der Waals surface area contributed by atoms with E-state index in [2.05, 4.69) is 10.4 Å². The molecule has 4 aromatic rings. The van der Waals surface area contributed by atoms with Crippen molar-refractivity contribution >= 4 is 34.4 Å². The summed E-state index contributed by atoms with van der Waals surface area (Å²) in [7, 11) is 0. The highest BCUT2D eigenvalue weighted by molar-refractivity contribution is 6.36. The molecule has 0 saturated heterocycles. The number of nitrogens with zero attached hydrogens (tertiary/aromatic N) is 2. The minimum Gasteiger partial charge on any atom is -0.481 e. The second-order valence-corrected chi connectivity index (χ2v) is 10.0. The molecule has 0 radical (unpaired) electrons. The number of nitrogens with one attached hydrogen (secondary N) is 1. The minimum atomic E-state index is -0.772. The van der Waals surface area contributed by atoms with E-state index in [0.717, 1.165) is 36.8 Å². The number of hydrogen-bond donors (Lipinski definition) is 2. The Balaban J connectivity index is 1.35. The Bertz CT molecular complexity index is 1440. The van der Waals surface area contributed by atoms with Gasteiger partial charge < -0.3 is 10.4 Å². The summed E-state index contributed by atoms with van der Waals surface area (Å²) in [6.45, 7) is 0.419. The lowest BCUT2D eigenvalue weighted by molar-refractivity contribution is -0.138. The molecule has 6 nitrogen and oxygen atoms in total. The first kappa shape index (κ1) is 25.0. The molecule has 1 aliphatic rings. The molecule has 1 heterocycles. The van der Waals surface area contributed by atoms with Gasteiger partial charge >= 0.3 is 5.97 Å². The summed E-state index contributed by atoms with van der Waals surface area (Å²) in [5.74, 6) is -1.07. The molecule has 5 rings (SSSR count). The number of amides is 1. The third-order valence-corrected chi connectivity index (χ3v) is 7.44. The van der Waals surface area contributed by atoms with Crippen molar-refractivity contribution in [2.24, 2.45) is 5.92 Å². The first-order chi connectivity index (χ1) is 17.9. The van der Waals surface area contributed by atoms with Crippen LogP contribution < -0.4 is 5.32 Å². The van der Waals surface area contributed by atoms with Crippen LogP contribution in [-0.2, 0) is 11.3 Å². The lowest BCUT2D eigenvalue weighted by Gasteiger charge is -2.28. The number of rotatable bonds is 7. The van der Waals surface area contributed by atoms with Gasteiger partial charge in [0, 0.05) is 23.4 Å². The van der Waals surface area contributed by atoms with Crippen LogP contribution >= 0.6 is 11.6 Å². The lowest BCUT2D eigenvalue weighted by Crippen LogP contribution is -2.38. The zero-order chi connectivity index (χ0) is 25.9. The van der Waals surface area contributed by atoms with Gasteiger partial charge in [0.2, 0.25) is 0 Å². The summed E-state index contributed by atoms with van der Waals surface area (Å²) >= 11 is 6.43. The number of carboxylic acids is 1. The first-order valence-electron chi connectivity index (χ1n) is 12.4. The quantitative estimate of drug-likeness (QED) is 0.300. The Kier molecular flexibility index (Phi) is 7.24. The van der Waals surface area contributed by atoms with Crippen molar-refractivity contribution in [1.29, 1.82) is 0 Å². The highest BCUT2D eigenvalue weighted by atomic mass is 35.5. The zero-order valence-corrected chi connectivity index (χ0v) is 20.9. The van der Waals surface area contributed by atoms with E-state index in [1.165, 1.54) is 6.07 Å². The van der Waals surface area contributed by atoms with Crippen molar-refractivity contribution in [2.75, 3.05) is 0 Å². The van der Waals surface area contributed by atoms with E-state index in [4.69, 9.17) is 16.7 Å². The number of aromatic nitrogens is 2. The Hall–Kier alpha value is -3.71. The maximum atomic E-state index is 14.2. The third kappa shape index (κ3) is 5.52. The second kappa shape index (κ2) is 10.7. The van der Waals surface area contributed by atoms with E-state index >= 15 is 0 Å². The molecule has 0 spiro atoms. The summed E-state index contributed by atoms with van der Waals surface area (Å²) in [5, 5.41) is 17.9. The molecule has 0 unspecified atom stereocenters. The number of carbonyl (C=O) groups is 2. The summed E-state index contributed by atoms with van der Waals surface area (Å²) < 4.78 is 15.9. The van der Waals surface area contributed by atoms with Gasteiger partial charge in [0.05, 0.1) is 28.8 Å². The van der Waals surface area contributed by atoms with Crippen molar-refractivity contribution < 1.29 is 19.1 Å². The average Bonchev–Trinajstić information content (AvgIpc) is 3.30. The maximum Gasteiger partial charge on any atom is 0.303 e. The number of halogens is 2. The molecule has 8 heteroatoms. The SMILES string of the molecule is O=C(O)CC1CCC(NC(=O)c2ccc(Cl)c3cnn(Cc4ccc(-c5ccccc5F)cc4)c23)CC1. The van der Waals surface area contributed by atoms with E-state index in [-0.39, 0.29) is 30.1 Å². The molecule has 1 fully saturated rings. The first-order valence-corrected chi connectivity index (χ1v) is 12.8. The molecular weight excluding hydrogens is 493 g/mol.